The molecule has 1 atom stereocenters. The van der Waals surface area contributed by atoms with Crippen LogP contribution in [0.15, 0.2) is 18.2 Å². The van der Waals surface area contributed by atoms with E-state index < -0.39 is 0 Å². The predicted molar refractivity (Wildman–Crippen MR) is 78.9 cm³/mol. The molecular weight excluding hydrogens is 256 g/mol. The van der Waals surface area contributed by atoms with Crippen molar-refractivity contribution < 1.29 is 14.3 Å². The van der Waals surface area contributed by atoms with Crippen molar-refractivity contribution in [2.75, 3.05) is 26.9 Å². The predicted octanol–water partition coefficient (Wildman–Crippen LogP) is 1.03. The van der Waals surface area contributed by atoms with E-state index in [1.54, 1.807) is 7.11 Å². The Labute approximate surface area is 120 Å². The first-order chi connectivity index (χ1) is 9.58. The van der Waals surface area contributed by atoms with Crippen LogP contribution in [-0.2, 0) is 16.0 Å². The second-order valence-electron chi connectivity index (χ2n) is 4.81. The molecule has 0 bridgehead atoms. The fourth-order valence-corrected chi connectivity index (χ4v) is 2.02. The van der Waals surface area contributed by atoms with Gasteiger partial charge in [-0.3, -0.25) is 4.79 Å². The number of hydrogen-bond acceptors (Lipinski definition) is 4. The number of rotatable bonds is 8. The molecule has 3 N–H and O–H groups in total. The number of aryl methyl sites for hydroxylation is 1. The molecule has 0 heterocycles. The number of carbonyl (C=O) groups is 1. The minimum Gasteiger partial charge on any atom is -0.483 e. The molecule has 1 aromatic rings. The molecule has 1 unspecified atom stereocenters. The molecule has 112 valence electrons. The minimum atomic E-state index is -0.156. The number of methoxy groups -OCH3 is 1. The topological polar surface area (TPSA) is 73.6 Å². The van der Waals surface area contributed by atoms with Crippen molar-refractivity contribution >= 4 is 5.91 Å². The zero-order chi connectivity index (χ0) is 15.0. The summed E-state index contributed by atoms with van der Waals surface area (Å²) in [5.41, 5.74) is 7.63. The number of hydrogen-bond donors (Lipinski definition) is 2. The lowest BCUT2D eigenvalue weighted by atomic mass is 10.1. The lowest BCUT2D eigenvalue weighted by Crippen LogP contribution is -2.38. The first-order valence-electron chi connectivity index (χ1n) is 6.78. The van der Waals surface area contributed by atoms with Gasteiger partial charge in [-0.2, -0.15) is 0 Å². The van der Waals surface area contributed by atoms with Gasteiger partial charge in [-0.1, -0.05) is 18.2 Å². The van der Waals surface area contributed by atoms with E-state index in [4.69, 9.17) is 15.2 Å². The Morgan fingerprint density at radius 1 is 1.45 bits per heavy atom. The van der Waals surface area contributed by atoms with Gasteiger partial charge in [0, 0.05) is 13.2 Å². The summed E-state index contributed by atoms with van der Waals surface area (Å²) in [5, 5.41) is 2.81. The molecule has 0 radical (unpaired) electrons. The van der Waals surface area contributed by atoms with Crippen LogP contribution in [0.2, 0.25) is 0 Å². The molecule has 5 nitrogen and oxygen atoms in total. The van der Waals surface area contributed by atoms with Crippen molar-refractivity contribution in [1.29, 1.82) is 0 Å². The molecular formula is C15H24N2O3. The Kier molecular flexibility index (Phi) is 7.04. The summed E-state index contributed by atoms with van der Waals surface area (Å²) in [6.45, 7) is 4.87. The molecule has 0 saturated heterocycles. The minimum absolute atomic E-state index is 0.00349. The number of para-hydroxylation sites is 1. The second-order valence-corrected chi connectivity index (χ2v) is 4.81. The van der Waals surface area contributed by atoms with E-state index in [2.05, 4.69) is 5.32 Å². The highest BCUT2D eigenvalue weighted by atomic mass is 16.5. The van der Waals surface area contributed by atoms with E-state index in [0.717, 1.165) is 23.3 Å². The van der Waals surface area contributed by atoms with E-state index in [9.17, 15) is 4.79 Å². The maximum atomic E-state index is 11.8. The zero-order valence-electron chi connectivity index (χ0n) is 12.4. The molecule has 0 aliphatic rings. The van der Waals surface area contributed by atoms with Crippen LogP contribution in [0.3, 0.4) is 0 Å². The summed E-state index contributed by atoms with van der Waals surface area (Å²) >= 11 is 0. The molecule has 20 heavy (non-hydrogen) atoms. The van der Waals surface area contributed by atoms with Crippen LogP contribution >= 0.6 is 0 Å². The SMILES string of the molecule is COCC(C)NC(=O)COc1c(C)cccc1CCN. The number of nitrogens with one attached hydrogen (secondary N) is 1. The van der Waals surface area contributed by atoms with Crippen molar-refractivity contribution in [1.82, 2.24) is 5.32 Å². The van der Waals surface area contributed by atoms with Crippen molar-refractivity contribution in [3.63, 3.8) is 0 Å². The van der Waals surface area contributed by atoms with Crippen molar-refractivity contribution in [2.24, 2.45) is 5.73 Å². The second kappa shape index (κ2) is 8.55. The summed E-state index contributed by atoms with van der Waals surface area (Å²) in [6, 6.07) is 5.87. The van der Waals surface area contributed by atoms with E-state index in [1.807, 2.05) is 32.0 Å². The fourth-order valence-electron chi connectivity index (χ4n) is 2.02. The van der Waals surface area contributed by atoms with Crippen LogP contribution in [0.1, 0.15) is 18.1 Å². The molecule has 0 saturated carbocycles. The third kappa shape index (κ3) is 5.19. The van der Waals surface area contributed by atoms with Gasteiger partial charge in [0.2, 0.25) is 0 Å². The Hall–Kier alpha value is -1.59. The fraction of sp³-hybridized carbons (Fsp3) is 0.533. The first kappa shape index (κ1) is 16.5. The number of amides is 1. The number of ether oxygens (including phenoxy) is 2. The molecule has 0 aromatic heterocycles. The number of nitrogens with two attached hydrogens (primary N) is 1. The quantitative estimate of drug-likeness (QED) is 0.746. The van der Waals surface area contributed by atoms with Crippen molar-refractivity contribution in [2.45, 2.75) is 26.3 Å². The largest absolute Gasteiger partial charge is 0.483 e. The van der Waals surface area contributed by atoms with Gasteiger partial charge >= 0.3 is 0 Å². The van der Waals surface area contributed by atoms with Crippen LogP contribution in [0.5, 0.6) is 5.75 Å². The summed E-state index contributed by atoms with van der Waals surface area (Å²) in [6.07, 6.45) is 0.735. The highest BCUT2D eigenvalue weighted by Gasteiger charge is 2.11. The average molecular weight is 280 g/mol. The third-order valence-corrected chi connectivity index (χ3v) is 2.88. The highest BCUT2D eigenvalue weighted by Crippen LogP contribution is 2.23. The molecule has 1 amide bonds. The Morgan fingerprint density at radius 2 is 2.20 bits per heavy atom. The molecule has 0 aliphatic carbocycles. The van der Waals surface area contributed by atoms with E-state index >= 15 is 0 Å². The normalized spacial score (nSPS) is 12.0. The van der Waals surface area contributed by atoms with Gasteiger partial charge in [-0.15, -0.1) is 0 Å². The Morgan fingerprint density at radius 3 is 2.85 bits per heavy atom. The van der Waals surface area contributed by atoms with Crippen molar-refractivity contribution in [3.8, 4) is 5.75 Å². The average Bonchev–Trinajstić information content (AvgIpc) is 2.38. The highest BCUT2D eigenvalue weighted by molar-refractivity contribution is 5.77. The van der Waals surface area contributed by atoms with Crippen LogP contribution in [-0.4, -0.2) is 38.8 Å². The van der Waals surface area contributed by atoms with Crippen LogP contribution < -0.4 is 15.8 Å². The number of benzene rings is 1. The monoisotopic (exact) mass is 280 g/mol. The van der Waals surface area contributed by atoms with Gasteiger partial charge in [-0.25, -0.2) is 0 Å². The van der Waals surface area contributed by atoms with Gasteiger partial charge in [0.25, 0.3) is 5.91 Å². The lowest BCUT2D eigenvalue weighted by molar-refractivity contribution is -0.124. The summed E-state index contributed by atoms with van der Waals surface area (Å²) in [5.74, 6) is 0.601. The van der Waals surface area contributed by atoms with Gasteiger partial charge < -0.3 is 20.5 Å². The molecule has 0 aliphatic heterocycles. The molecule has 5 heteroatoms. The maximum absolute atomic E-state index is 11.8. The zero-order valence-corrected chi connectivity index (χ0v) is 12.4. The molecule has 0 fully saturated rings. The van der Waals surface area contributed by atoms with Crippen LogP contribution in [0, 0.1) is 6.92 Å². The first-order valence-corrected chi connectivity index (χ1v) is 6.78. The molecule has 0 spiro atoms. The van der Waals surface area contributed by atoms with Crippen LogP contribution in [0.25, 0.3) is 0 Å². The van der Waals surface area contributed by atoms with Crippen LogP contribution in [0.4, 0.5) is 0 Å². The smallest absolute Gasteiger partial charge is 0.258 e. The van der Waals surface area contributed by atoms with Gasteiger partial charge in [0.05, 0.1) is 6.61 Å². The Bertz CT molecular complexity index is 435. The summed E-state index contributed by atoms with van der Waals surface area (Å²) in [7, 11) is 1.60. The third-order valence-electron chi connectivity index (χ3n) is 2.88. The van der Waals surface area contributed by atoms with Gasteiger partial charge in [0.1, 0.15) is 5.75 Å². The molecule has 1 aromatic carbocycles. The van der Waals surface area contributed by atoms with Crippen molar-refractivity contribution in [3.05, 3.63) is 29.3 Å². The lowest BCUT2D eigenvalue weighted by Gasteiger charge is -2.16. The standard InChI is InChI=1S/C15H24N2O3/c1-11-5-4-6-13(7-8-16)15(11)20-10-14(18)17-12(2)9-19-3/h4-6,12H,7-10,16H2,1-3H3,(H,17,18). The number of carbonyl (C=O) groups excluding carboxylic acids is 1. The van der Waals surface area contributed by atoms with E-state index in [-0.39, 0.29) is 18.6 Å². The molecule has 1 rings (SSSR count). The van der Waals surface area contributed by atoms with E-state index in [1.165, 1.54) is 0 Å². The summed E-state index contributed by atoms with van der Waals surface area (Å²) < 4.78 is 10.6. The van der Waals surface area contributed by atoms with Gasteiger partial charge in [-0.05, 0) is 37.9 Å². The van der Waals surface area contributed by atoms with E-state index in [0.29, 0.717) is 13.2 Å². The summed E-state index contributed by atoms with van der Waals surface area (Å²) in [4.78, 5) is 11.8. The van der Waals surface area contributed by atoms with Gasteiger partial charge in [0.15, 0.2) is 6.61 Å². The maximum Gasteiger partial charge on any atom is 0.258 e. The Balaban J connectivity index is 2.58.